The van der Waals surface area contributed by atoms with Crippen LogP contribution in [0.3, 0.4) is 0 Å². The molecule has 0 nitrogen and oxygen atoms in total. The maximum absolute atomic E-state index is 2.29. The maximum atomic E-state index is 2.29. The first kappa shape index (κ1) is 16.6. The molecular formula is C25H21Si. The van der Waals surface area contributed by atoms with Crippen LogP contribution in [0.25, 0.3) is 0 Å². The van der Waals surface area contributed by atoms with Gasteiger partial charge in [-0.05, 0) is 11.1 Å². The molecule has 0 aliphatic rings. The zero-order valence-corrected chi connectivity index (χ0v) is 15.6. The van der Waals surface area contributed by atoms with E-state index in [1.54, 1.807) is 0 Å². The van der Waals surface area contributed by atoms with Crippen molar-refractivity contribution in [3.05, 3.63) is 132 Å². The summed E-state index contributed by atoms with van der Waals surface area (Å²) >= 11 is 0. The lowest BCUT2D eigenvalue weighted by atomic mass is 10.0. The summed E-state index contributed by atoms with van der Waals surface area (Å²) in [5.41, 5.74) is 3.15. The van der Waals surface area contributed by atoms with Crippen molar-refractivity contribution >= 4 is 19.2 Å². The molecule has 4 aromatic rings. The van der Waals surface area contributed by atoms with E-state index in [0.717, 1.165) is 0 Å². The van der Waals surface area contributed by atoms with Crippen LogP contribution >= 0.6 is 0 Å². The van der Waals surface area contributed by atoms with Gasteiger partial charge in [0.2, 0.25) is 0 Å². The average molecular weight is 350 g/mol. The summed E-state index contributed by atoms with van der Waals surface area (Å²) in [5, 5.41) is 2.89. The van der Waals surface area contributed by atoms with Crippen molar-refractivity contribution in [2.75, 3.05) is 0 Å². The quantitative estimate of drug-likeness (QED) is 0.460. The molecule has 0 aliphatic heterocycles. The van der Waals surface area contributed by atoms with Crippen molar-refractivity contribution in [1.82, 2.24) is 0 Å². The second-order valence-corrected chi connectivity index (χ2v) is 8.96. The minimum atomic E-state index is -1.04. The second kappa shape index (κ2) is 7.98. The summed E-state index contributed by atoms with van der Waals surface area (Å²) in [5.74, 6) is 0. The highest BCUT2D eigenvalue weighted by Crippen LogP contribution is 2.27. The molecule has 0 atom stereocenters. The van der Waals surface area contributed by atoms with Crippen LogP contribution in [-0.2, 0) is 0 Å². The average Bonchev–Trinajstić information content (AvgIpc) is 2.74. The van der Waals surface area contributed by atoms with Gasteiger partial charge in [-0.25, -0.2) is 0 Å². The highest BCUT2D eigenvalue weighted by molar-refractivity contribution is 6.86. The summed E-state index contributed by atoms with van der Waals surface area (Å²) in [4.78, 5) is 0. The molecule has 0 saturated carbocycles. The first-order valence-corrected chi connectivity index (χ1v) is 10.6. The number of hydrogen-bond acceptors (Lipinski definition) is 0. The molecular weight excluding hydrogens is 328 g/mol. The number of rotatable bonds is 5. The SMILES string of the molecule is c1ccc(C(c2ccccc2)[Si](c2ccccc2)c2ccccc2)cc1. The van der Waals surface area contributed by atoms with E-state index in [2.05, 4.69) is 121 Å². The fourth-order valence-electron chi connectivity index (χ4n) is 3.55. The molecule has 0 spiro atoms. The minimum Gasteiger partial charge on any atom is -0.0628 e. The van der Waals surface area contributed by atoms with Crippen LogP contribution in [0.2, 0.25) is 0 Å². The Bertz CT molecular complexity index is 759. The summed E-state index contributed by atoms with van der Waals surface area (Å²) < 4.78 is 0. The van der Waals surface area contributed by atoms with Crippen LogP contribution in [0, 0.1) is 0 Å². The topological polar surface area (TPSA) is 0 Å². The van der Waals surface area contributed by atoms with Gasteiger partial charge in [0.1, 0.15) is 8.80 Å². The fourth-order valence-corrected chi connectivity index (χ4v) is 6.71. The van der Waals surface area contributed by atoms with Gasteiger partial charge in [-0.3, -0.25) is 0 Å². The van der Waals surface area contributed by atoms with Gasteiger partial charge in [0.05, 0.1) is 0 Å². The van der Waals surface area contributed by atoms with Crippen LogP contribution in [-0.4, -0.2) is 8.80 Å². The van der Waals surface area contributed by atoms with E-state index in [-0.39, 0.29) is 0 Å². The van der Waals surface area contributed by atoms with E-state index in [9.17, 15) is 0 Å². The van der Waals surface area contributed by atoms with E-state index in [0.29, 0.717) is 5.54 Å². The molecule has 0 N–H and O–H groups in total. The molecule has 0 unspecified atom stereocenters. The molecule has 0 saturated heterocycles. The van der Waals surface area contributed by atoms with Crippen LogP contribution in [0.4, 0.5) is 0 Å². The van der Waals surface area contributed by atoms with Gasteiger partial charge in [-0.2, -0.15) is 0 Å². The van der Waals surface area contributed by atoms with Crippen molar-refractivity contribution in [3.8, 4) is 0 Å². The van der Waals surface area contributed by atoms with E-state index in [1.165, 1.54) is 21.5 Å². The summed E-state index contributed by atoms with van der Waals surface area (Å²) in [6.45, 7) is 0. The van der Waals surface area contributed by atoms with Gasteiger partial charge in [0.25, 0.3) is 0 Å². The van der Waals surface area contributed by atoms with Crippen molar-refractivity contribution < 1.29 is 0 Å². The van der Waals surface area contributed by atoms with Crippen molar-refractivity contribution in [1.29, 1.82) is 0 Å². The van der Waals surface area contributed by atoms with Gasteiger partial charge in [-0.15, -0.1) is 0 Å². The Morgan fingerprint density at radius 2 is 0.692 bits per heavy atom. The Hall–Kier alpha value is -2.90. The Labute approximate surface area is 157 Å². The second-order valence-electron chi connectivity index (χ2n) is 6.40. The zero-order valence-electron chi connectivity index (χ0n) is 14.6. The van der Waals surface area contributed by atoms with E-state index < -0.39 is 8.80 Å². The molecule has 4 aromatic carbocycles. The van der Waals surface area contributed by atoms with Gasteiger partial charge in [0.15, 0.2) is 0 Å². The first-order valence-electron chi connectivity index (χ1n) is 9.01. The molecule has 0 heterocycles. The lowest BCUT2D eigenvalue weighted by Crippen LogP contribution is -2.47. The normalized spacial score (nSPS) is 11.0. The van der Waals surface area contributed by atoms with Crippen molar-refractivity contribution in [3.63, 3.8) is 0 Å². The third kappa shape index (κ3) is 3.53. The summed E-state index contributed by atoms with van der Waals surface area (Å²) in [6, 6.07) is 43.9. The molecule has 0 amide bonds. The molecule has 0 aliphatic carbocycles. The molecule has 26 heavy (non-hydrogen) atoms. The molecule has 0 aromatic heterocycles. The maximum Gasteiger partial charge on any atom is 0.133 e. The third-order valence-electron chi connectivity index (χ3n) is 4.72. The molecule has 1 radical (unpaired) electrons. The molecule has 1 heteroatoms. The van der Waals surface area contributed by atoms with E-state index >= 15 is 0 Å². The lowest BCUT2D eigenvalue weighted by molar-refractivity contribution is 1.12. The van der Waals surface area contributed by atoms with Gasteiger partial charge >= 0.3 is 0 Å². The Morgan fingerprint density at radius 1 is 0.385 bits per heavy atom. The van der Waals surface area contributed by atoms with Crippen LogP contribution < -0.4 is 10.4 Å². The minimum absolute atomic E-state index is 0.368. The lowest BCUT2D eigenvalue weighted by Gasteiger charge is -2.27. The molecule has 4 rings (SSSR count). The first-order chi connectivity index (χ1) is 12.9. The van der Waals surface area contributed by atoms with E-state index in [4.69, 9.17) is 0 Å². The highest BCUT2D eigenvalue weighted by Gasteiger charge is 2.29. The van der Waals surface area contributed by atoms with Crippen molar-refractivity contribution in [2.24, 2.45) is 0 Å². The van der Waals surface area contributed by atoms with Crippen LogP contribution in [0.15, 0.2) is 121 Å². The number of benzene rings is 4. The highest BCUT2D eigenvalue weighted by atomic mass is 28.3. The predicted molar refractivity (Wildman–Crippen MR) is 113 cm³/mol. The largest absolute Gasteiger partial charge is 0.133 e. The Morgan fingerprint density at radius 3 is 1.04 bits per heavy atom. The predicted octanol–water partition coefficient (Wildman–Crippen LogP) is 4.67. The summed E-state index contributed by atoms with van der Waals surface area (Å²) in [7, 11) is -1.04. The fraction of sp³-hybridized carbons (Fsp3) is 0.0400. The van der Waals surface area contributed by atoms with Gasteiger partial charge in [-0.1, -0.05) is 132 Å². The standard InChI is InChI=1S/C25H21Si/c1-5-13-21(14-6-1)25(22-15-7-2-8-16-22)26(23-17-9-3-10-18-23)24-19-11-4-12-20-24/h1-20,25H. The van der Waals surface area contributed by atoms with Crippen molar-refractivity contribution in [2.45, 2.75) is 5.54 Å². The Kier molecular flexibility index (Phi) is 5.09. The number of hydrogen-bond donors (Lipinski definition) is 0. The van der Waals surface area contributed by atoms with Gasteiger partial charge < -0.3 is 0 Å². The third-order valence-corrected chi connectivity index (χ3v) is 7.88. The molecule has 125 valence electrons. The Balaban J connectivity index is 1.93. The zero-order chi connectivity index (χ0) is 17.6. The van der Waals surface area contributed by atoms with E-state index in [1.807, 2.05) is 0 Å². The van der Waals surface area contributed by atoms with Crippen LogP contribution in [0.1, 0.15) is 16.7 Å². The van der Waals surface area contributed by atoms with Crippen LogP contribution in [0.5, 0.6) is 0 Å². The summed E-state index contributed by atoms with van der Waals surface area (Å²) in [6.07, 6.45) is 0. The smallest absolute Gasteiger partial charge is 0.0628 e. The monoisotopic (exact) mass is 349 g/mol. The molecule has 0 fully saturated rings. The molecule has 0 bridgehead atoms. The van der Waals surface area contributed by atoms with Gasteiger partial charge in [0, 0.05) is 5.54 Å².